The molecule has 3 heteroatoms. The first-order chi connectivity index (χ1) is 9.83. The number of nitrogens with two attached hydrogens (primary N) is 1. The molecule has 0 saturated carbocycles. The van der Waals surface area contributed by atoms with Crippen LogP contribution < -0.4 is 5.73 Å². The molecular formula is C17H14N2S. The lowest BCUT2D eigenvalue weighted by atomic mass is 10.1. The normalized spacial score (nSPS) is 15.4. The number of nitrogen functional groups attached to an aromatic ring is 1. The molecule has 0 aliphatic heterocycles. The van der Waals surface area contributed by atoms with Gasteiger partial charge in [0.15, 0.2) is 0 Å². The Hall–Kier alpha value is -1.87. The van der Waals surface area contributed by atoms with Crippen LogP contribution in [0.1, 0.15) is 28.0 Å². The number of thiophene rings is 1. The summed E-state index contributed by atoms with van der Waals surface area (Å²) >= 11 is 1.85. The molecule has 2 N–H and O–H groups in total. The predicted molar refractivity (Wildman–Crippen MR) is 84.3 cm³/mol. The molecule has 2 nitrogen and oxygen atoms in total. The van der Waals surface area contributed by atoms with Crippen molar-refractivity contribution in [2.45, 2.75) is 25.7 Å². The van der Waals surface area contributed by atoms with Crippen molar-refractivity contribution in [1.82, 2.24) is 4.98 Å². The Balaban J connectivity index is 1.89. The number of anilines is 1. The smallest absolute Gasteiger partial charge is 0.126 e. The molecule has 2 aromatic heterocycles. The average Bonchev–Trinajstić information content (AvgIpc) is 3.11. The zero-order valence-electron chi connectivity index (χ0n) is 11.1. The number of aromatic nitrogens is 1. The SMILES string of the molecule is Nc1c2c(nc3sc4c(c13)CCC4)-c1ccccc1C2. The molecular weight excluding hydrogens is 264 g/mol. The van der Waals surface area contributed by atoms with E-state index in [-0.39, 0.29) is 0 Å². The van der Waals surface area contributed by atoms with E-state index in [1.165, 1.54) is 51.8 Å². The highest BCUT2D eigenvalue weighted by Crippen LogP contribution is 2.46. The first-order valence-electron chi connectivity index (χ1n) is 7.14. The fourth-order valence-corrected chi connectivity index (χ4v) is 4.97. The summed E-state index contributed by atoms with van der Waals surface area (Å²) < 4.78 is 0. The lowest BCUT2D eigenvalue weighted by molar-refractivity contribution is 0.917. The summed E-state index contributed by atoms with van der Waals surface area (Å²) in [4.78, 5) is 7.61. The standard InChI is InChI=1S/C17H14N2S/c18-15-12-8-9-4-1-2-5-10(9)16(12)19-17-14(15)11-6-3-7-13(11)20-17/h1-2,4-5H,3,6-8H2,(H2,18,19). The minimum Gasteiger partial charge on any atom is -0.398 e. The van der Waals surface area contributed by atoms with Gasteiger partial charge in [-0.1, -0.05) is 24.3 Å². The van der Waals surface area contributed by atoms with Crippen LogP contribution in [0.4, 0.5) is 5.69 Å². The highest BCUT2D eigenvalue weighted by molar-refractivity contribution is 7.19. The van der Waals surface area contributed by atoms with Gasteiger partial charge in [-0.3, -0.25) is 0 Å². The summed E-state index contributed by atoms with van der Waals surface area (Å²) in [6.07, 6.45) is 4.59. The van der Waals surface area contributed by atoms with E-state index >= 15 is 0 Å². The van der Waals surface area contributed by atoms with Crippen molar-refractivity contribution in [3.63, 3.8) is 0 Å². The predicted octanol–water partition coefficient (Wildman–Crippen LogP) is 3.94. The first-order valence-corrected chi connectivity index (χ1v) is 7.95. The molecule has 20 heavy (non-hydrogen) atoms. The van der Waals surface area contributed by atoms with Gasteiger partial charge in [0, 0.05) is 33.5 Å². The maximum Gasteiger partial charge on any atom is 0.126 e. The molecule has 3 aromatic rings. The maximum absolute atomic E-state index is 6.53. The second kappa shape index (κ2) is 3.61. The second-order valence-corrected chi connectivity index (χ2v) is 6.81. The van der Waals surface area contributed by atoms with Crippen molar-refractivity contribution in [2.75, 3.05) is 5.73 Å². The van der Waals surface area contributed by atoms with Gasteiger partial charge in [-0.25, -0.2) is 4.98 Å². The van der Waals surface area contributed by atoms with Gasteiger partial charge in [-0.15, -0.1) is 11.3 Å². The van der Waals surface area contributed by atoms with Gasteiger partial charge in [0.05, 0.1) is 5.69 Å². The van der Waals surface area contributed by atoms with Crippen molar-refractivity contribution in [1.29, 1.82) is 0 Å². The molecule has 2 aliphatic carbocycles. The Morgan fingerprint density at radius 2 is 2.00 bits per heavy atom. The van der Waals surface area contributed by atoms with Gasteiger partial charge in [-0.2, -0.15) is 0 Å². The first kappa shape index (κ1) is 10.9. The zero-order chi connectivity index (χ0) is 13.3. The van der Waals surface area contributed by atoms with E-state index in [0.29, 0.717) is 0 Å². The van der Waals surface area contributed by atoms with Crippen molar-refractivity contribution in [3.05, 3.63) is 45.8 Å². The molecule has 98 valence electrons. The summed E-state index contributed by atoms with van der Waals surface area (Å²) in [5, 5.41) is 1.26. The molecule has 0 spiro atoms. The third-order valence-corrected chi connectivity index (χ3v) is 5.82. The lowest BCUT2D eigenvalue weighted by Crippen LogP contribution is -1.97. The van der Waals surface area contributed by atoms with Crippen molar-refractivity contribution in [2.24, 2.45) is 0 Å². The monoisotopic (exact) mass is 278 g/mol. The van der Waals surface area contributed by atoms with Gasteiger partial charge in [-0.05, 0) is 30.4 Å². The van der Waals surface area contributed by atoms with E-state index < -0.39 is 0 Å². The molecule has 0 bridgehead atoms. The van der Waals surface area contributed by atoms with Crippen molar-refractivity contribution in [3.8, 4) is 11.3 Å². The molecule has 2 heterocycles. The highest BCUT2D eigenvalue weighted by atomic mass is 32.1. The summed E-state index contributed by atoms with van der Waals surface area (Å²) in [7, 11) is 0. The molecule has 0 fully saturated rings. The number of benzene rings is 1. The number of nitrogens with zero attached hydrogens (tertiary/aromatic N) is 1. The summed E-state index contributed by atoms with van der Waals surface area (Å²) in [6, 6.07) is 8.54. The fourth-order valence-electron chi connectivity index (χ4n) is 3.69. The molecule has 0 amide bonds. The van der Waals surface area contributed by atoms with Crippen molar-refractivity contribution >= 4 is 27.2 Å². The molecule has 1 aromatic carbocycles. The number of aryl methyl sites for hydroxylation is 2. The molecule has 5 rings (SSSR count). The van der Waals surface area contributed by atoms with E-state index in [2.05, 4.69) is 24.3 Å². The number of hydrogen-bond acceptors (Lipinski definition) is 3. The Morgan fingerprint density at radius 1 is 1.10 bits per heavy atom. The summed E-state index contributed by atoms with van der Waals surface area (Å²) in [5.74, 6) is 0. The van der Waals surface area contributed by atoms with E-state index in [1.54, 1.807) is 0 Å². The van der Waals surface area contributed by atoms with Gasteiger partial charge < -0.3 is 5.73 Å². The van der Waals surface area contributed by atoms with Gasteiger partial charge in [0.2, 0.25) is 0 Å². The number of hydrogen-bond donors (Lipinski definition) is 1. The molecule has 0 saturated heterocycles. The van der Waals surface area contributed by atoms with E-state index in [4.69, 9.17) is 10.7 Å². The molecule has 0 radical (unpaired) electrons. The molecule has 2 aliphatic rings. The third-order valence-electron chi connectivity index (χ3n) is 4.64. The summed E-state index contributed by atoms with van der Waals surface area (Å²) in [6.45, 7) is 0. The van der Waals surface area contributed by atoms with E-state index in [1.807, 2.05) is 11.3 Å². The van der Waals surface area contributed by atoms with Crippen LogP contribution in [0.15, 0.2) is 24.3 Å². The van der Waals surface area contributed by atoms with Crippen LogP contribution in [0.3, 0.4) is 0 Å². The maximum atomic E-state index is 6.53. The Labute approximate surface area is 121 Å². The van der Waals surface area contributed by atoms with E-state index in [0.717, 1.165) is 22.6 Å². The lowest BCUT2D eigenvalue weighted by Gasteiger charge is -2.06. The van der Waals surface area contributed by atoms with Crippen LogP contribution in [0.5, 0.6) is 0 Å². The second-order valence-electron chi connectivity index (χ2n) is 5.72. The van der Waals surface area contributed by atoms with Crippen LogP contribution >= 0.6 is 11.3 Å². The Kier molecular flexibility index (Phi) is 1.96. The number of fused-ring (bicyclic) bond motifs is 6. The topological polar surface area (TPSA) is 38.9 Å². The quantitative estimate of drug-likeness (QED) is 0.529. The fraction of sp³-hybridized carbons (Fsp3) is 0.235. The van der Waals surface area contributed by atoms with Gasteiger partial charge in [0.25, 0.3) is 0 Å². The molecule has 0 unspecified atom stereocenters. The highest BCUT2D eigenvalue weighted by Gasteiger charge is 2.27. The van der Waals surface area contributed by atoms with E-state index in [9.17, 15) is 0 Å². The number of rotatable bonds is 0. The minimum atomic E-state index is 0.935. The third kappa shape index (κ3) is 1.21. The zero-order valence-corrected chi connectivity index (χ0v) is 11.9. The summed E-state index contributed by atoms with van der Waals surface area (Å²) in [5.41, 5.74) is 14.0. The average molecular weight is 278 g/mol. The van der Waals surface area contributed by atoms with Gasteiger partial charge in [0.1, 0.15) is 4.83 Å². The van der Waals surface area contributed by atoms with Crippen LogP contribution in [-0.2, 0) is 19.3 Å². The van der Waals surface area contributed by atoms with Crippen LogP contribution in [-0.4, -0.2) is 4.98 Å². The van der Waals surface area contributed by atoms with Crippen LogP contribution in [0.2, 0.25) is 0 Å². The van der Waals surface area contributed by atoms with Crippen LogP contribution in [0, 0.1) is 0 Å². The number of pyridine rings is 1. The largest absolute Gasteiger partial charge is 0.398 e. The Bertz CT molecular complexity index is 876. The van der Waals surface area contributed by atoms with Gasteiger partial charge >= 0.3 is 0 Å². The Morgan fingerprint density at radius 3 is 2.95 bits per heavy atom. The van der Waals surface area contributed by atoms with Crippen molar-refractivity contribution < 1.29 is 0 Å². The van der Waals surface area contributed by atoms with Crippen LogP contribution in [0.25, 0.3) is 21.5 Å². The molecule has 0 atom stereocenters. The minimum absolute atomic E-state index is 0.935.